The van der Waals surface area contributed by atoms with E-state index in [4.69, 9.17) is 6.57 Å². The van der Waals surface area contributed by atoms with E-state index in [0.29, 0.717) is 57.1 Å². The lowest BCUT2D eigenvalue weighted by atomic mass is 9.91. The molecule has 20 heteroatoms. The number of rotatable bonds is 6. The topological polar surface area (TPSA) is 231 Å². The Hall–Kier alpha value is -6.96. The maximum Gasteiger partial charge on any atom is 0.255 e. The third-order valence-electron chi connectivity index (χ3n) is 8.02. The molecule has 7 aromatic heterocycles. The van der Waals surface area contributed by atoms with E-state index < -0.39 is 0 Å². The number of nitriles is 1. The van der Waals surface area contributed by atoms with Gasteiger partial charge in [-0.3, -0.25) is 0 Å². The second-order valence-corrected chi connectivity index (χ2v) is 14.2. The summed E-state index contributed by atoms with van der Waals surface area (Å²) in [4.78, 5) is 19.0. The van der Waals surface area contributed by atoms with Gasteiger partial charge in [-0.15, -0.1) is 39.9 Å². The molecule has 7 rings (SSSR count). The normalized spacial score (nSPS) is 12.6. The number of fused-ring (bicyclic) bond motifs is 2. The molecule has 20 nitrogen and oxygen atoms in total. The van der Waals surface area contributed by atoms with Crippen molar-refractivity contribution in [1.82, 2.24) is 69.2 Å². The predicted octanol–water partition coefficient (Wildman–Crippen LogP) is 6.67. The lowest BCUT2D eigenvalue weighted by Crippen LogP contribution is -2.12. The summed E-state index contributed by atoms with van der Waals surface area (Å²) in [6, 6.07) is 3.79. The second-order valence-electron chi connectivity index (χ2n) is 14.2. The third kappa shape index (κ3) is 5.55. The van der Waals surface area contributed by atoms with Crippen LogP contribution in [0.5, 0.6) is 0 Å². The highest BCUT2D eigenvalue weighted by Crippen LogP contribution is 2.39. The van der Waals surface area contributed by atoms with Gasteiger partial charge in [0.2, 0.25) is 0 Å². The Morgan fingerprint density at radius 3 is 1.65 bits per heavy atom. The molecular formula is C32H34N20. The van der Waals surface area contributed by atoms with Gasteiger partial charge in [0.1, 0.15) is 29.6 Å². The molecule has 7 heterocycles. The summed E-state index contributed by atoms with van der Waals surface area (Å²) in [6.45, 7) is 27.1. The first kappa shape index (κ1) is 33.5. The highest BCUT2D eigenvalue weighted by molar-refractivity contribution is 5.71. The van der Waals surface area contributed by atoms with Crippen LogP contribution in [0.15, 0.2) is 32.9 Å². The van der Waals surface area contributed by atoms with Gasteiger partial charge < -0.3 is 9.97 Å². The van der Waals surface area contributed by atoms with Crippen molar-refractivity contribution < 1.29 is 0 Å². The Labute approximate surface area is 296 Å². The summed E-state index contributed by atoms with van der Waals surface area (Å²) in [5.74, 6) is 2.14. The Morgan fingerprint density at radius 1 is 0.692 bits per heavy atom. The number of hydrogen-bond donors (Lipinski definition) is 2. The van der Waals surface area contributed by atoms with Crippen LogP contribution in [0.25, 0.3) is 27.8 Å². The molecule has 0 radical (unpaired) electrons. The van der Waals surface area contributed by atoms with Crippen LogP contribution in [0.2, 0.25) is 0 Å². The van der Waals surface area contributed by atoms with E-state index in [1.807, 2.05) is 55.4 Å². The number of aryl methyl sites for hydroxylation is 4. The number of azo groups is 2. The molecule has 2 N–H and O–H groups in total. The van der Waals surface area contributed by atoms with Crippen LogP contribution in [0.1, 0.15) is 81.5 Å². The fourth-order valence-electron chi connectivity index (χ4n) is 5.59. The first-order valence-electron chi connectivity index (χ1n) is 16.1. The molecule has 0 aromatic carbocycles. The van der Waals surface area contributed by atoms with Crippen LogP contribution < -0.4 is 0 Å². The maximum absolute atomic E-state index is 10.1. The number of aromatic nitrogens is 14. The van der Waals surface area contributed by atoms with E-state index in [9.17, 15) is 5.26 Å². The van der Waals surface area contributed by atoms with Gasteiger partial charge in [-0.05, 0) is 27.7 Å². The van der Waals surface area contributed by atoms with Crippen molar-refractivity contribution in [2.45, 2.75) is 80.1 Å². The Kier molecular flexibility index (Phi) is 7.63. The summed E-state index contributed by atoms with van der Waals surface area (Å²) in [6.07, 6.45) is 1.32. The van der Waals surface area contributed by atoms with Crippen LogP contribution in [0.4, 0.5) is 28.7 Å². The van der Waals surface area contributed by atoms with E-state index in [-0.39, 0.29) is 45.4 Å². The predicted molar refractivity (Wildman–Crippen MR) is 187 cm³/mol. The Morgan fingerprint density at radius 2 is 1.17 bits per heavy atom. The van der Waals surface area contributed by atoms with Crippen molar-refractivity contribution in [3.05, 3.63) is 63.8 Å². The van der Waals surface area contributed by atoms with Crippen molar-refractivity contribution in [1.29, 1.82) is 5.26 Å². The highest BCUT2D eigenvalue weighted by atomic mass is 15.5. The number of nitrogens with one attached hydrogen (secondary N) is 2. The Balaban J connectivity index is 1.34. The summed E-state index contributed by atoms with van der Waals surface area (Å²) in [7, 11) is 0. The second kappa shape index (κ2) is 11.8. The van der Waals surface area contributed by atoms with Gasteiger partial charge in [-0.25, -0.2) is 19.5 Å². The average Bonchev–Trinajstić information content (AvgIpc) is 3.89. The number of hydrogen-bond acceptors (Lipinski definition) is 13. The van der Waals surface area contributed by atoms with Crippen molar-refractivity contribution in [3.63, 3.8) is 0 Å². The highest BCUT2D eigenvalue weighted by Gasteiger charge is 2.29. The first-order chi connectivity index (χ1) is 24.6. The summed E-state index contributed by atoms with van der Waals surface area (Å²) in [5, 5.41) is 55.7. The van der Waals surface area contributed by atoms with Gasteiger partial charge in [0.15, 0.2) is 45.9 Å². The van der Waals surface area contributed by atoms with E-state index in [0.717, 1.165) is 0 Å². The molecule has 0 saturated heterocycles. The molecule has 262 valence electrons. The summed E-state index contributed by atoms with van der Waals surface area (Å²) in [5.41, 5.74) is 3.92. The zero-order chi connectivity index (χ0) is 37.3. The molecule has 0 aliphatic heterocycles. The van der Waals surface area contributed by atoms with Gasteiger partial charge >= 0.3 is 0 Å². The van der Waals surface area contributed by atoms with Gasteiger partial charge in [0.05, 0.1) is 29.3 Å². The minimum absolute atomic E-state index is 0.147. The standard InChI is InChI=1S/C32H34N20/c1-15-19(13-33)27(41-39-23-25(31(5,6)7)47-51-28(23)37-17(3)45-51)49(43-15)20-12-21(36-14-35-20)50-30(22(34-11)16(2)44-50)42-40-24-26(32(8,9)10)48-52-29(24)38-18(4)46-52/h12,14H,1-10H3,(H,37,45)(H,38,46). The minimum atomic E-state index is -0.385. The van der Waals surface area contributed by atoms with E-state index >= 15 is 0 Å². The fraction of sp³-hybridized carbons (Fsp3) is 0.375. The quantitative estimate of drug-likeness (QED) is 0.139. The number of H-pyrrole nitrogens is 2. The van der Waals surface area contributed by atoms with E-state index in [1.165, 1.54) is 25.0 Å². The smallest absolute Gasteiger partial charge is 0.255 e. The maximum atomic E-state index is 10.1. The third-order valence-corrected chi connectivity index (χ3v) is 8.02. The average molecular weight is 699 g/mol. The van der Waals surface area contributed by atoms with Gasteiger partial charge in [0.25, 0.3) is 5.69 Å². The molecule has 0 fully saturated rings. The SMILES string of the molecule is [C-]#[N+]c1c(C)nn(-c2cc(-n3nc(C)c(C#N)c3N=Nc3c(C(C)(C)C)nn4nc(C)[nH]c34)ncn2)c1N=Nc1c(C(C)(C)C)nn2nc(C)[nH]c12. The molecule has 52 heavy (non-hydrogen) atoms. The minimum Gasteiger partial charge on any atom is -0.324 e. The molecule has 0 atom stereocenters. The fourth-order valence-corrected chi connectivity index (χ4v) is 5.59. The molecule has 0 bridgehead atoms. The van der Waals surface area contributed by atoms with Crippen LogP contribution in [0, 0.1) is 45.6 Å². The lowest BCUT2D eigenvalue weighted by Gasteiger charge is -2.15. The van der Waals surface area contributed by atoms with Gasteiger partial charge in [-0.1, -0.05) is 41.5 Å². The largest absolute Gasteiger partial charge is 0.324 e. The van der Waals surface area contributed by atoms with Gasteiger partial charge in [-0.2, -0.15) is 30.3 Å². The van der Waals surface area contributed by atoms with Crippen LogP contribution >= 0.6 is 0 Å². The summed E-state index contributed by atoms with van der Waals surface area (Å²) >= 11 is 0. The van der Waals surface area contributed by atoms with Crippen molar-refractivity contribution in [2.24, 2.45) is 20.5 Å². The monoisotopic (exact) mass is 698 g/mol. The van der Waals surface area contributed by atoms with Crippen LogP contribution in [-0.4, -0.2) is 69.2 Å². The number of nitrogens with zero attached hydrogens (tertiary/aromatic N) is 18. The van der Waals surface area contributed by atoms with E-state index in [1.54, 1.807) is 19.9 Å². The van der Waals surface area contributed by atoms with Crippen molar-refractivity contribution in [3.8, 4) is 17.7 Å². The van der Waals surface area contributed by atoms with Crippen molar-refractivity contribution in [2.75, 3.05) is 0 Å². The molecule has 7 aromatic rings. The van der Waals surface area contributed by atoms with Crippen LogP contribution in [-0.2, 0) is 10.8 Å². The van der Waals surface area contributed by atoms with Gasteiger partial charge in [0, 0.05) is 16.9 Å². The molecule has 0 amide bonds. The number of aromatic amines is 2. The molecule has 0 aliphatic carbocycles. The van der Waals surface area contributed by atoms with Crippen LogP contribution in [0.3, 0.4) is 0 Å². The first-order valence-corrected chi connectivity index (χ1v) is 16.1. The molecular weight excluding hydrogens is 664 g/mol. The lowest BCUT2D eigenvalue weighted by molar-refractivity contribution is 0.556. The molecule has 0 unspecified atom stereocenters. The Bertz CT molecular complexity index is 2490. The van der Waals surface area contributed by atoms with E-state index in [2.05, 4.69) is 81.9 Å². The molecule has 0 aliphatic rings. The summed E-state index contributed by atoms with van der Waals surface area (Å²) < 4.78 is 5.80. The molecule has 0 saturated carbocycles. The molecule has 0 spiro atoms. The zero-order valence-electron chi connectivity index (χ0n) is 30.2. The zero-order valence-corrected chi connectivity index (χ0v) is 30.2. The van der Waals surface area contributed by atoms with Crippen molar-refractivity contribution >= 4 is 40.0 Å².